The molecule has 0 fully saturated rings. The van der Waals surface area contributed by atoms with Gasteiger partial charge in [-0.1, -0.05) is 24.3 Å². The number of hydrogen-bond donors (Lipinski definition) is 1. The van der Waals surface area contributed by atoms with E-state index in [1.54, 1.807) is 30.6 Å². The lowest BCUT2D eigenvalue weighted by Gasteiger charge is -2.15. The Morgan fingerprint density at radius 2 is 1.89 bits per heavy atom. The van der Waals surface area contributed by atoms with Crippen LogP contribution in [0, 0.1) is 17.1 Å². The van der Waals surface area contributed by atoms with Gasteiger partial charge in [0.1, 0.15) is 11.4 Å². The van der Waals surface area contributed by atoms with Crippen LogP contribution in [0.5, 0.6) is 0 Å². The second-order valence-corrected chi connectivity index (χ2v) is 6.94. The first kappa shape index (κ1) is 17.8. The number of imidazole rings is 1. The second kappa shape index (κ2) is 6.51. The molecule has 0 radical (unpaired) electrons. The average Bonchev–Trinajstić information content (AvgIpc) is 3.10. The van der Waals surface area contributed by atoms with Crippen LogP contribution in [0.15, 0.2) is 54.9 Å². The van der Waals surface area contributed by atoms with E-state index in [0.717, 1.165) is 11.1 Å². The summed E-state index contributed by atoms with van der Waals surface area (Å²) < 4.78 is 15.0. The fraction of sp³-hybridized carbons (Fsp3) is 0.143. The Labute approximate surface area is 160 Å². The molecule has 0 bridgehead atoms. The number of aromatic nitrogens is 4. The van der Waals surface area contributed by atoms with E-state index in [9.17, 15) is 14.8 Å². The molecule has 7 heteroatoms. The van der Waals surface area contributed by atoms with Crippen LogP contribution in [0.25, 0.3) is 28.2 Å². The largest absolute Gasteiger partial charge is 0.384 e. The van der Waals surface area contributed by atoms with Gasteiger partial charge >= 0.3 is 0 Å². The standard InChI is InChI=1S/C21H16FN5O/c1-21(2,28)19-12-25-27-18(11-24-20(27)26-19)14-5-3-4-13(8-14)17-7-6-16(22)9-15(17)10-23/h3-9,11-12,28H,1-2H3. The molecule has 4 aromatic rings. The number of hydrogen-bond acceptors (Lipinski definition) is 5. The molecular weight excluding hydrogens is 357 g/mol. The predicted molar refractivity (Wildman–Crippen MR) is 102 cm³/mol. The zero-order valence-corrected chi connectivity index (χ0v) is 15.3. The van der Waals surface area contributed by atoms with Gasteiger partial charge < -0.3 is 5.11 Å². The quantitative estimate of drug-likeness (QED) is 0.592. The van der Waals surface area contributed by atoms with Crippen molar-refractivity contribution in [2.45, 2.75) is 19.4 Å². The Kier molecular flexibility index (Phi) is 4.13. The summed E-state index contributed by atoms with van der Waals surface area (Å²) in [6, 6.07) is 13.7. The predicted octanol–water partition coefficient (Wildman–Crippen LogP) is 3.70. The third-order valence-corrected chi connectivity index (χ3v) is 4.43. The van der Waals surface area contributed by atoms with Gasteiger partial charge in [0.15, 0.2) is 0 Å². The SMILES string of the molecule is CC(C)(O)c1cnn2c(-c3cccc(-c4ccc(F)cc4C#N)c3)cnc2n1. The van der Waals surface area contributed by atoms with Gasteiger partial charge in [-0.25, -0.2) is 14.4 Å². The van der Waals surface area contributed by atoms with Crippen molar-refractivity contribution in [1.82, 2.24) is 19.6 Å². The van der Waals surface area contributed by atoms with Gasteiger partial charge in [0, 0.05) is 5.56 Å². The molecule has 0 saturated heterocycles. The van der Waals surface area contributed by atoms with E-state index in [4.69, 9.17) is 0 Å². The normalized spacial score (nSPS) is 11.5. The Bertz CT molecular complexity index is 1230. The highest BCUT2D eigenvalue weighted by Crippen LogP contribution is 2.29. The molecule has 0 spiro atoms. The number of rotatable bonds is 3. The molecule has 0 aliphatic heterocycles. The van der Waals surface area contributed by atoms with Gasteiger partial charge in [0.05, 0.1) is 35.4 Å². The lowest BCUT2D eigenvalue weighted by atomic mass is 9.98. The monoisotopic (exact) mass is 373 g/mol. The first-order chi connectivity index (χ1) is 13.4. The fourth-order valence-corrected chi connectivity index (χ4v) is 2.97. The minimum absolute atomic E-state index is 0.268. The zero-order valence-electron chi connectivity index (χ0n) is 15.3. The Hall–Kier alpha value is -3.63. The Morgan fingerprint density at radius 3 is 2.64 bits per heavy atom. The molecule has 0 unspecified atom stereocenters. The molecule has 1 N–H and O–H groups in total. The topological polar surface area (TPSA) is 87.1 Å². The van der Waals surface area contributed by atoms with Crippen LogP contribution in [0.2, 0.25) is 0 Å². The first-order valence-corrected chi connectivity index (χ1v) is 8.61. The molecule has 2 aromatic heterocycles. The van der Waals surface area contributed by atoms with Crippen LogP contribution in [0.4, 0.5) is 4.39 Å². The van der Waals surface area contributed by atoms with Crippen molar-refractivity contribution in [3.05, 3.63) is 71.9 Å². The molecule has 0 amide bonds. The number of halogens is 1. The molecule has 2 aromatic carbocycles. The second-order valence-electron chi connectivity index (χ2n) is 6.94. The first-order valence-electron chi connectivity index (χ1n) is 8.61. The maximum Gasteiger partial charge on any atom is 0.251 e. The lowest BCUT2D eigenvalue weighted by Crippen LogP contribution is -2.19. The van der Waals surface area contributed by atoms with E-state index in [0.29, 0.717) is 22.7 Å². The van der Waals surface area contributed by atoms with E-state index in [1.807, 2.05) is 30.3 Å². The molecular formula is C21H16FN5O. The van der Waals surface area contributed by atoms with Gasteiger partial charge in [0.25, 0.3) is 5.78 Å². The van der Waals surface area contributed by atoms with E-state index in [-0.39, 0.29) is 5.56 Å². The van der Waals surface area contributed by atoms with E-state index in [1.165, 1.54) is 18.3 Å². The maximum absolute atomic E-state index is 13.4. The van der Waals surface area contributed by atoms with Gasteiger partial charge in [0.2, 0.25) is 0 Å². The summed E-state index contributed by atoms with van der Waals surface area (Å²) in [7, 11) is 0. The number of benzene rings is 2. The Balaban J connectivity index is 1.82. The van der Waals surface area contributed by atoms with Gasteiger partial charge in [-0.05, 0) is 43.2 Å². The summed E-state index contributed by atoms with van der Waals surface area (Å²) in [5, 5.41) is 23.8. The van der Waals surface area contributed by atoms with Crippen LogP contribution in [-0.4, -0.2) is 24.7 Å². The van der Waals surface area contributed by atoms with Gasteiger partial charge in [-0.15, -0.1) is 0 Å². The van der Waals surface area contributed by atoms with Crippen LogP contribution in [0.1, 0.15) is 25.1 Å². The highest BCUT2D eigenvalue weighted by atomic mass is 19.1. The van der Waals surface area contributed by atoms with Crippen molar-refractivity contribution in [3.8, 4) is 28.5 Å². The molecule has 138 valence electrons. The number of aliphatic hydroxyl groups is 1. The highest BCUT2D eigenvalue weighted by Gasteiger charge is 2.20. The van der Waals surface area contributed by atoms with Crippen molar-refractivity contribution < 1.29 is 9.50 Å². The van der Waals surface area contributed by atoms with Crippen molar-refractivity contribution in [3.63, 3.8) is 0 Å². The lowest BCUT2D eigenvalue weighted by molar-refractivity contribution is 0.0734. The number of nitrogens with zero attached hydrogens (tertiary/aromatic N) is 5. The maximum atomic E-state index is 13.4. The molecule has 2 heterocycles. The van der Waals surface area contributed by atoms with Crippen molar-refractivity contribution in [2.75, 3.05) is 0 Å². The van der Waals surface area contributed by atoms with Gasteiger partial charge in [-0.3, -0.25) is 0 Å². The summed E-state index contributed by atoms with van der Waals surface area (Å²) in [5.74, 6) is -0.0735. The van der Waals surface area contributed by atoms with Crippen molar-refractivity contribution >= 4 is 5.78 Å². The van der Waals surface area contributed by atoms with E-state index >= 15 is 0 Å². The van der Waals surface area contributed by atoms with Crippen molar-refractivity contribution in [2.24, 2.45) is 0 Å². The van der Waals surface area contributed by atoms with Crippen LogP contribution in [-0.2, 0) is 5.60 Å². The zero-order chi connectivity index (χ0) is 19.9. The van der Waals surface area contributed by atoms with Crippen LogP contribution in [0.3, 0.4) is 0 Å². The van der Waals surface area contributed by atoms with Crippen molar-refractivity contribution in [1.29, 1.82) is 5.26 Å². The summed E-state index contributed by atoms with van der Waals surface area (Å²) in [4.78, 5) is 8.66. The smallest absolute Gasteiger partial charge is 0.251 e. The molecule has 0 saturated carbocycles. The third kappa shape index (κ3) is 3.10. The molecule has 28 heavy (non-hydrogen) atoms. The average molecular weight is 373 g/mol. The molecule has 6 nitrogen and oxygen atoms in total. The minimum Gasteiger partial charge on any atom is -0.384 e. The van der Waals surface area contributed by atoms with E-state index in [2.05, 4.69) is 15.1 Å². The molecule has 0 atom stereocenters. The number of fused-ring (bicyclic) bond motifs is 1. The highest BCUT2D eigenvalue weighted by molar-refractivity contribution is 5.75. The van der Waals surface area contributed by atoms with Gasteiger partial charge in [-0.2, -0.15) is 14.9 Å². The summed E-state index contributed by atoms with van der Waals surface area (Å²) >= 11 is 0. The van der Waals surface area contributed by atoms with Crippen LogP contribution >= 0.6 is 0 Å². The Morgan fingerprint density at radius 1 is 1.11 bits per heavy atom. The molecule has 0 aliphatic carbocycles. The number of nitriles is 1. The summed E-state index contributed by atoms with van der Waals surface area (Å²) in [6.45, 7) is 3.27. The molecule has 4 rings (SSSR count). The summed E-state index contributed by atoms with van der Waals surface area (Å²) in [5.41, 5.74) is 2.55. The minimum atomic E-state index is -1.11. The van der Waals surface area contributed by atoms with E-state index < -0.39 is 11.4 Å². The molecule has 0 aliphatic rings. The summed E-state index contributed by atoms with van der Waals surface area (Å²) in [6.07, 6.45) is 3.16. The van der Waals surface area contributed by atoms with Crippen LogP contribution < -0.4 is 0 Å². The fourth-order valence-electron chi connectivity index (χ4n) is 2.97. The third-order valence-electron chi connectivity index (χ3n) is 4.43.